The van der Waals surface area contributed by atoms with Crippen LogP contribution in [-0.2, 0) is 0 Å². The first-order valence-corrected chi connectivity index (χ1v) is 7.00. The molecule has 20 heavy (non-hydrogen) atoms. The fourth-order valence-electron chi connectivity index (χ4n) is 1.87. The molecule has 2 rings (SSSR count). The number of nitrogen functional groups attached to an aromatic ring is 1. The maximum Gasteiger partial charge on any atom is 0.263 e. The zero-order valence-corrected chi connectivity index (χ0v) is 12.5. The Labute approximate surface area is 121 Å². The van der Waals surface area contributed by atoms with E-state index in [1.807, 2.05) is 31.2 Å². The molecule has 0 saturated heterocycles. The van der Waals surface area contributed by atoms with Crippen molar-refractivity contribution in [2.45, 2.75) is 19.9 Å². The first-order chi connectivity index (χ1) is 9.51. The van der Waals surface area contributed by atoms with Crippen LogP contribution in [0.5, 0.6) is 5.75 Å². The molecule has 1 amide bonds. The maximum atomic E-state index is 12.2. The van der Waals surface area contributed by atoms with Crippen LogP contribution in [0.25, 0.3) is 0 Å². The summed E-state index contributed by atoms with van der Waals surface area (Å²) in [5.74, 6) is 0.637. The van der Waals surface area contributed by atoms with Gasteiger partial charge in [0.05, 0.1) is 18.8 Å². The van der Waals surface area contributed by atoms with Crippen LogP contribution in [0.1, 0.15) is 33.9 Å². The van der Waals surface area contributed by atoms with Gasteiger partial charge >= 0.3 is 0 Å². The number of hydrogen-bond donors (Lipinski definition) is 2. The predicted octanol–water partition coefficient (Wildman–Crippen LogP) is 2.53. The molecule has 1 atom stereocenters. The molecule has 0 aliphatic carbocycles. The third-order valence-electron chi connectivity index (χ3n) is 2.98. The molecule has 3 N–H and O–H groups in total. The zero-order chi connectivity index (χ0) is 14.7. The fraction of sp³-hybridized carbons (Fsp3) is 0.286. The molecule has 1 aromatic carbocycles. The Morgan fingerprint density at radius 1 is 1.40 bits per heavy atom. The van der Waals surface area contributed by atoms with Crippen molar-refractivity contribution in [2.75, 3.05) is 12.8 Å². The highest BCUT2D eigenvalue weighted by Gasteiger charge is 2.16. The lowest BCUT2D eigenvalue weighted by Gasteiger charge is -2.14. The number of ether oxygens (including phenoxy) is 1. The first kappa shape index (κ1) is 14.3. The summed E-state index contributed by atoms with van der Waals surface area (Å²) in [5.41, 5.74) is 7.27. The number of aryl methyl sites for hydroxylation is 1. The van der Waals surface area contributed by atoms with Crippen LogP contribution < -0.4 is 15.8 Å². The molecule has 0 aliphatic heterocycles. The molecule has 6 heteroatoms. The number of amides is 1. The summed E-state index contributed by atoms with van der Waals surface area (Å²) in [5, 5.41) is 3.35. The molecule has 0 radical (unpaired) electrons. The largest absolute Gasteiger partial charge is 0.497 e. The highest BCUT2D eigenvalue weighted by molar-refractivity contribution is 7.17. The number of aromatic nitrogens is 1. The molecule has 2 aromatic rings. The third kappa shape index (κ3) is 3.08. The monoisotopic (exact) mass is 291 g/mol. The van der Waals surface area contributed by atoms with E-state index in [1.165, 1.54) is 11.3 Å². The van der Waals surface area contributed by atoms with E-state index in [9.17, 15) is 4.79 Å². The Morgan fingerprint density at radius 3 is 2.55 bits per heavy atom. The Balaban J connectivity index is 2.08. The minimum Gasteiger partial charge on any atom is -0.497 e. The van der Waals surface area contributed by atoms with E-state index in [-0.39, 0.29) is 11.9 Å². The van der Waals surface area contributed by atoms with Gasteiger partial charge in [-0.25, -0.2) is 4.98 Å². The van der Waals surface area contributed by atoms with Crippen molar-refractivity contribution < 1.29 is 9.53 Å². The smallest absolute Gasteiger partial charge is 0.263 e. The van der Waals surface area contributed by atoms with Crippen molar-refractivity contribution in [3.05, 3.63) is 40.4 Å². The molecule has 0 bridgehead atoms. The summed E-state index contributed by atoms with van der Waals surface area (Å²) in [4.78, 5) is 16.8. The van der Waals surface area contributed by atoms with Gasteiger partial charge in [0, 0.05) is 0 Å². The average molecular weight is 291 g/mol. The van der Waals surface area contributed by atoms with Crippen molar-refractivity contribution in [1.29, 1.82) is 0 Å². The van der Waals surface area contributed by atoms with Gasteiger partial charge in [0.25, 0.3) is 5.91 Å². The first-order valence-electron chi connectivity index (χ1n) is 6.19. The average Bonchev–Trinajstić information content (AvgIpc) is 2.78. The lowest BCUT2D eigenvalue weighted by Crippen LogP contribution is -2.26. The molecule has 0 aliphatic rings. The van der Waals surface area contributed by atoms with E-state index < -0.39 is 0 Å². The minimum atomic E-state index is -0.153. The molecule has 106 valence electrons. The van der Waals surface area contributed by atoms with E-state index in [0.717, 1.165) is 11.3 Å². The Morgan fingerprint density at radius 2 is 2.05 bits per heavy atom. The number of thiazole rings is 1. The molecular weight excluding hydrogens is 274 g/mol. The standard InChI is InChI=1S/C14H17N3O2S/c1-8(10-4-6-11(19-3)7-5-10)16-13(18)12-9(2)17-14(15)20-12/h4-8H,1-3H3,(H2,15,17)(H,16,18)/t8-/m1/s1. The van der Waals surface area contributed by atoms with Gasteiger partial charge in [-0.05, 0) is 31.5 Å². The van der Waals surface area contributed by atoms with Crippen LogP contribution in [0.3, 0.4) is 0 Å². The summed E-state index contributed by atoms with van der Waals surface area (Å²) >= 11 is 1.20. The number of carbonyl (C=O) groups excluding carboxylic acids is 1. The van der Waals surface area contributed by atoms with Gasteiger partial charge in [-0.1, -0.05) is 23.5 Å². The van der Waals surface area contributed by atoms with Crippen LogP contribution >= 0.6 is 11.3 Å². The van der Waals surface area contributed by atoms with Crippen LogP contribution in [0.15, 0.2) is 24.3 Å². The van der Waals surface area contributed by atoms with Crippen LogP contribution in [0, 0.1) is 6.92 Å². The summed E-state index contributed by atoms with van der Waals surface area (Å²) in [6.07, 6.45) is 0. The number of carbonyl (C=O) groups is 1. The van der Waals surface area contributed by atoms with Crippen molar-refractivity contribution in [2.24, 2.45) is 0 Å². The zero-order valence-electron chi connectivity index (χ0n) is 11.6. The Kier molecular flexibility index (Phi) is 4.24. The van der Waals surface area contributed by atoms with E-state index in [1.54, 1.807) is 14.0 Å². The van der Waals surface area contributed by atoms with Crippen molar-refractivity contribution in [3.63, 3.8) is 0 Å². The molecule has 1 heterocycles. The normalized spacial score (nSPS) is 11.9. The predicted molar refractivity (Wildman–Crippen MR) is 80.1 cm³/mol. The van der Waals surface area contributed by atoms with Gasteiger partial charge < -0.3 is 15.8 Å². The SMILES string of the molecule is COc1ccc([C@@H](C)NC(=O)c2sc(N)nc2C)cc1. The van der Waals surface area contributed by atoms with Crippen LogP contribution in [0.4, 0.5) is 5.13 Å². The lowest BCUT2D eigenvalue weighted by molar-refractivity contribution is 0.0943. The summed E-state index contributed by atoms with van der Waals surface area (Å²) in [6.45, 7) is 3.71. The van der Waals surface area contributed by atoms with Crippen LogP contribution in [-0.4, -0.2) is 18.0 Å². The minimum absolute atomic E-state index is 0.101. The second-order valence-electron chi connectivity index (χ2n) is 4.43. The molecule has 1 aromatic heterocycles. The topological polar surface area (TPSA) is 77.2 Å². The van der Waals surface area contributed by atoms with Gasteiger partial charge in [0.2, 0.25) is 0 Å². The highest BCUT2D eigenvalue weighted by Crippen LogP contribution is 2.22. The van der Waals surface area contributed by atoms with E-state index in [0.29, 0.717) is 15.7 Å². The number of hydrogen-bond acceptors (Lipinski definition) is 5. The maximum absolute atomic E-state index is 12.2. The Bertz CT molecular complexity index is 607. The number of rotatable bonds is 4. The molecule has 5 nitrogen and oxygen atoms in total. The lowest BCUT2D eigenvalue weighted by atomic mass is 10.1. The van der Waals surface area contributed by atoms with E-state index in [4.69, 9.17) is 10.5 Å². The quantitative estimate of drug-likeness (QED) is 0.907. The molecule has 0 saturated carbocycles. The van der Waals surface area contributed by atoms with Crippen molar-refractivity contribution >= 4 is 22.4 Å². The van der Waals surface area contributed by atoms with Gasteiger partial charge in [0.1, 0.15) is 10.6 Å². The number of anilines is 1. The summed E-state index contributed by atoms with van der Waals surface area (Å²) in [6, 6.07) is 7.49. The second kappa shape index (κ2) is 5.92. The number of methoxy groups -OCH3 is 1. The van der Waals surface area contributed by atoms with Gasteiger partial charge in [0.15, 0.2) is 5.13 Å². The van der Waals surface area contributed by atoms with Crippen molar-refractivity contribution in [3.8, 4) is 5.75 Å². The Hall–Kier alpha value is -2.08. The molecule has 0 spiro atoms. The van der Waals surface area contributed by atoms with Crippen molar-refractivity contribution in [1.82, 2.24) is 10.3 Å². The van der Waals surface area contributed by atoms with Gasteiger partial charge in [-0.2, -0.15) is 0 Å². The fourth-order valence-corrected chi connectivity index (χ4v) is 2.60. The third-order valence-corrected chi connectivity index (χ3v) is 3.97. The molecule has 0 fully saturated rings. The number of nitrogens with one attached hydrogen (secondary N) is 1. The summed E-state index contributed by atoms with van der Waals surface area (Å²) in [7, 11) is 1.62. The number of benzene rings is 1. The van der Waals surface area contributed by atoms with Gasteiger partial charge in [-0.15, -0.1) is 0 Å². The van der Waals surface area contributed by atoms with Gasteiger partial charge in [-0.3, -0.25) is 4.79 Å². The number of nitrogens with two attached hydrogens (primary N) is 1. The highest BCUT2D eigenvalue weighted by atomic mass is 32.1. The molecular formula is C14H17N3O2S. The molecule has 0 unspecified atom stereocenters. The summed E-state index contributed by atoms with van der Waals surface area (Å²) < 4.78 is 5.11. The number of nitrogens with zero attached hydrogens (tertiary/aromatic N) is 1. The van der Waals surface area contributed by atoms with E-state index >= 15 is 0 Å². The van der Waals surface area contributed by atoms with E-state index in [2.05, 4.69) is 10.3 Å². The second-order valence-corrected chi connectivity index (χ2v) is 5.47. The van der Waals surface area contributed by atoms with Crippen LogP contribution in [0.2, 0.25) is 0 Å².